The number of hydrogen-bond acceptors (Lipinski definition) is 6. The zero-order valence-electron chi connectivity index (χ0n) is 12.0. The Hall–Kier alpha value is -1.85. The quantitative estimate of drug-likeness (QED) is 0.715. The topological polar surface area (TPSA) is 85.6 Å². The van der Waals surface area contributed by atoms with Crippen molar-refractivity contribution in [1.29, 1.82) is 5.26 Å². The normalized spacial score (nSPS) is 11.0. The fraction of sp³-hybridized carbons (Fsp3) is 0.462. The lowest BCUT2D eigenvalue weighted by molar-refractivity contribution is 0.271. The highest BCUT2D eigenvalue weighted by atomic mass is 32.2. The highest BCUT2D eigenvalue weighted by molar-refractivity contribution is 7.85. The third kappa shape index (κ3) is 4.58. The number of rotatable bonds is 7. The van der Waals surface area contributed by atoms with Crippen LogP contribution in [0.3, 0.4) is 0 Å². The van der Waals surface area contributed by atoms with Crippen LogP contribution in [-0.4, -0.2) is 27.9 Å². The summed E-state index contributed by atoms with van der Waals surface area (Å²) in [5.41, 5.74) is -0.252. The van der Waals surface area contributed by atoms with Gasteiger partial charge >= 0.3 is 0 Å². The Morgan fingerprint density at radius 3 is 2.38 bits per heavy atom. The van der Waals surface area contributed by atoms with Gasteiger partial charge in [-0.1, -0.05) is 0 Å². The molecule has 0 aliphatic rings. The van der Waals surface area contributed by atoms with Crippen LogP contribution >= 0.6 is 0 Å². The summed E-state index contributed by atoms with van der Waals surface area (Å²) in [6.45, 7) is 3.38. The van der Waals surface area contributed by atoms with Crippen LogP contribution in [0, 0.1) is 17.1 Å². The zero-order chi connectivity index (χ0) is 16.0. The minimum atomic E-state index is -3.71. The first-order chi connectivity index (χ1) is 9.84. The maximum Gasteiger partial charge on any atom is 0.264 e. The lowest BCUT2D eigenvalue weighted by Gasteiger charge is -2.15. The van der Waals surface area contributed by atoms with Crippen molar-refractivity contribution in [3.05, 3.63) is 23.0 Å². The van der Waals surface area contributed by atoms with Gasteiger partial charge in [0.15, 0.2) is 17.3 Å². The van der Waals surface area contributed by atoms with Gasteiger partial charge in [-0.25, -0.2) is 4.39 Å². The fourth-order valence-corrected chi connectivity index (χ4v) is 1.95. The molecule has 21 heavy (non-hydrogen) atoms. The number of halogens is 1. The van der Waals surface area contributed by atoms with E-state index in [-0.39, 0.29) is 35.8 Å². The summed E-state index contributed by atoms with van der Waals surface area (Å²) in [4.78, 5) is 0. The van der Waals surface area contributed by atoms with Gasteiger partial charge in [-0.3, -0.25) is 4.18 Å². The van der Waals surface area contributed by atoms with Crippen molar-refractivity contribution in [1.82, 2.24) is 0 Å². The van der Waals surface area contributed by atoms with Crippen molar-refractivity contribution in [2.75, 3.05) is 19.5 Å². The number of hydrogen-bond donors (Lipinski definition) is 0. The average Bonchev–Trinajstić information content (AvgIpc) is 2.40. The third-order valence-corrected chi connectivity index (χ3v) is 2.94. The second-order valence-electron chi connectivity index (χ2n) is 4.00. The van der Waals surface area contributed by atoms with Crippen LogP contribution in [0.1, 0.15) is 25.0 Å². The van der Waals surface area contributed by atoms with Gasteiger partial charge in [-0.2, -0.15) is 13.7 Å². The van der Waals surface area contributed by atoms with Crippen LogP contribution in [0.4, 0.5) is 4.39 Å². The minimum absolute atomic E-state index is 0.0762. The minimum Gasteiger partial charge on any atom is -0.490 e. The average molecular weight is 317 g/mol. The Balaban J connectivity index is 3.33. The predicted molar refractivity (Wildman–Crippen MR) is 73.1 cm³/mol. The molecule has 0 aromatic heterocycles. The molecule has 0 radical (unpaired) electrons. The Bertz CT molecular complexity index is 652. The molecule has 0 N–H and O–H groups in total. The van der Waals surface area contributed by atoms with Gasteiger partial charge in [0.2, 0.25) is 0 Å². The molecule has 0 fully saturated rings. The molecule has 1 aromatic carbocycles. The Kier molecular flexibility index (Phi) is 5.93. The summed E-state index contributed by atoms with van der Waals surface area (Å²) in [6, 6.07) is 3.03. The Labute approximate surface area is 123 Å². The van der Waals surface area contributed by atoms with Gasteiger partial charge in [0.25, 0.3) is 10.1 Å². The largest absolute Gasteiger partial charge is 0.490 e. The predicted octanol–water partition coefficient (Wildman–Crippen LogP) is 1.97. The van der Waals surface area contributed by atoms with Gasteiger partial charge in [0, 0.05) is 5.56 Å². The van der Waals surface area contributed by atoms with E-state index in [1.54, 1.807) is 19.9 Å². The van der Waals surface area contributed by atoms with E-state index in [2.05, 4.69) is 4.18 Å². The van der Waals surface area contributed by atoms with Gasteiger partial charge in [-0.15, -0.1) is 0 Å². The number of ether oxygens (including phenoxy) is 2. The van der Waals surface area contributed by atoms with Crippen molar-refractivity contribution >= 4 is 10.1 Å². The molecule has 8 heteroatoms. The molecule has 0 saturated carbocycles. The van der Waals surface area contributed by atoms with E-state index in [1.807, 2.05) is 0 Å². The second kappa shape index (κ2) is 7.24. The van der Waals surface area contributed by atoms with Crippen LogP contribution in [0.2, 0.25) is 0 Å². The van der Waals surface area contributed by atoms with E-state index in [0.29, 0.717) is 0 Å². The molecule has 1 aromatic rings. The summed E-state index contributed by atoms with van der Waals surface area (Å²) in [5.74, 6) is -0.959. The lowest BCUT2D eigenvalue weighted by Crippen LogP contribution is -2.08. The standard InChI is InChI=1S/C13H16FNO5S/c1-4-18-11-6-9(8-20-21(3,16)17)10(7-15)12(14)13(11)19-5-2/h6H,4-5,8H2,1-3H3. The van der Waals surface area contributed by atoms with E-state index < -0.39 is 22.5 Å². The molecule has 0 heterocycles. The third-order valence-electron chi connectivity index (χ3n) is 2.40. The van der Waals surface area contributed by atoms with Crippen LogP contribution in [-0.2, 0) is 20.9 Å². The highest BCUT2D eigenvalue weighted by Gasteiger charge is 2.21. The van der Waals surface area contributed by atoms with Crippen molar-refractivity contribution < 1.29 is 26.5 Å². The highest BCUT2D eigenvalue weighted by Crippen LogP contribution is 2.35. The molecule has 6 nitrogen and oxygen atoms in total. The van der Waals surface area contributed by atoms with Crippen molar-refractivity contribution in [2.45, 2.75) is 20.5 Å². The van der Waals surface area contributed by atoms with Gasteiger partial charge in [0.05, 0.1) is 31.6 Å². The zero-order valence-corrected chi connectivity index (χ0v) is 12.8. The van der Waals surface area contributed by atoms with Crippen molar-refractivity contribution in [3.63, 3.8) is 0 Å². The lowest BCUT2D eigenvalue weighted by atomic mass is 10.1. The molecule has 0 spiro atoms. The molecule has 0 unspecified atom stereocenters. The molecule has 116 valence electrons. The summed E-state index contributed by atoms with van der Waals surface area (Å²) in [6.07, 6.45) is 0.868. The summed E-state index contributed by atoms with van der Waals surface area (Å²) in [5, 5.41) is 9.05. The molecular weight excluding hydrogens is 301 g/mol. The first-order valence-electron chi connectivity index (χ1n) is 6.19. The molecule has 0 aliphatic heterocycles. The number of nitrogens with zero attached hydrogens (tertiary/aromatic N) is 1. The second-order valence-corrected chi connectivity index (χ2v) is 5.64. The maximum absolute atomic E-state index is 14.3. The van der Waals surface area contributed by atoms with Crippen molar-refractivity contribution in [3.8, 4) is 17.6 Å². The molecule has 0 saturated heterocycles. The summed E-state index contributed by atoms with van der Waals surface area (Å²) < 4.78 is 51.3. The molecule has 0 atom stereocenters. The molecule has 0 bridgehead atoms. The fourth-order valence-electron chi connectivity index (χ4n) is 1.61. The Morgan fingerprint density at radius 1 is 1.29 bits per heavy atom. The first kappa shape index (κ1) is 17.2. The number of benzene rings is 1. The van der Waals surface area contributed by atoms with E-state index in [0.717, 1.165) is 6.26 Å². The smallest absolute Gasteiger partial charge is 0.264 e. The van der Waals surface area contributed by atoms with Crippen LogP contribution in [0.15, 0.2) is 6.07 Å². The van der Waals surface area contributed by atoms with Crippen LogP contribution in [0.5, 0.6) is 11.5 Å². The van der Waals surface area contributed by atoms with Gasteiger partial charge in [0.1, 0.15) is 6.07 Å². The summed E-state index contributed by atoms with van der Waals surface area (Å²) >= 11 is 0. The Morgan fingerprint density at radius 2 is 1.90 bits per heavy atom. The monoisotopic (exact) mass is 317 g/mol. The number of nitriles is 1. The summed E-state index contributed by atoms with van der Waals surface area (Å²) in [7, 11) is -3.71. The molecular formula is C13H16FNO5S. The molecule has 0 amide bonds. The van der Waals surface area contributed by atoms with E-state index in [9.17, 15) is 12.8 Å². The van der Waals surface area contributed by atoms with Crippen LogP contribution < -0.4 is 9.47 Å². The SMILES string of the molecule is CCOc1cc(COS(C)(=O)=O)c(C#N)c(F)c1OCC. The maximum atomic E-state index is 14.3. The van der Waals surface area contributed by atoms with E-state index in [4.69, 9.17) is 14.7 Å². The first-order valence-corrected chi connectivity index (χ1v) is 8.01. The van der Waals surface area contributed by atoms with E-state index >= 15 is 0 Å². The van der Waals surface area contributed by atoms with Crippen LogP contribution in [0.25, 0.3) is 0 Å². The van der Waals surface area contributed by atoms with Gasteiger partial charge < -0.3 is 9.47 Å². The molecule has 0 aliphatic carbocycles. The van der Waals surface area contributed by atoms with Crippen molar-refractivity contribution in [2.24, 2.45) is 0 Å². The molecule has 1 rings (SSSR count). The van der Waals surface area contributed by atoms with Gasteiger partial charge in [-0.05, 0) is 19.9 Å². The van der Waals surface area contributed by atoms with E-state index in [1.165, 1.54) is 6.07 Å².